The number of halogens is 1. The van der Waals surface area contributed by atoms with Crippen LogP contribution in [-0.4, -0.2) is 176 Å². The van der Waals surface area contributed by atoms with Crippen molar-refractivity contribution in [2.75, 3.05) is 105 Å². The lowest BCUT2D eigenvalue weighted by atomic mass is 9.66. The molecule has 8 heterocycles. The standard InChI is InChI=1S/C16H30N2O.C15H27FN2.C14H26N2O.C2H6/c1-3-7-17-12-16(13-17)10-15(6-9-19-16)18-8-4-5-14(2)11-18;1-12(2)17-10-15(11-17)6-4-5-13(7-15)18-8-14(3,16)9-18;1-13(2)6-7-16(9-13)12-5-4-8-17-14(12)10-15(3)11-14;1-2/h14-15H,3-13H2,1-2H3;12-13H,4-11H2,1-3H3;12H,4-11H2,1-3H3;1-2H3. The lowest BCUT2D eigenvalue weighted by molar-refractivity contribution is -0.197. The van der Waals surface area contributed by atoms with Gasteiger partial charge in [-0.05, 0) is 135 Å². The van der Waals surface area contributed by atoms with Gasteiger partial charge in [0.15, 0.2) is 0 Å². The van der Waals surface area contributed by atoms with Crippen LogP contribution in [0.15, 0.2) is 0 Å². The van der Waals surface area contributed by atoms with Crippen LogP contribution < -0.4 is 0 Å². The van der Waals surface area contributed by atoms with E-state index < -0.39 is 5.67 Å². The van der Waals surface area contributed by atoms with Crippen LogP contribution in [0.1, 0.15) is 139 Å². The Hall–Kier alpha value is -0.390. The Bertz CT molecular complexity index is 1200. The summed E-state index contributed by atoms with van der Waals surface area (Å²) in [6.07, 6.45) is 15.9. The summed E-state index contributed by atoms with van der Waals surface area (Å²) >= 11 is 0. The number of hydrogen-bond donors (Lipinski definition) is 0. The minimum absolute atomic E-state index is 0.174. The van der Waals surface area contributed by atoms with E-state index in [-0.39, 0.29) is 11.2 Å². The normalized spacial score (nSPS) is 35.1. The molecular formula is C47H89FN6O2. The Morgan fingerprint density at radius 1 is 0.714 bits per heavy atom. The fourth-order valence-electron chi connectivity index (χ4n) is 12.6. The van der Waals surface area contributed by atoms with E-state index in [9.17, 15) is 4.39 Å². The van der Waals surface area contributed by atoms with E-state index in [0.717, 1.165) is 38.3 Å². The predicted octanol–water partition coefficient (Wildman–Crippen LogP) is 7.65. The van der Waals surface area contributed by atoms with Crippen molar-refractivity contribution in [1.82, 2.24) is 29.4 Å². The molecule has 0 radical (unpaired) electrons. The summed E-state index contributed by atoms with van der Waals surface area (Å²) in [6.45, 7) is 36.7. The third kappa shape index (κ3) is 10.7. The maximum absolute atomic E-state index is 13.6. The number of ether oxygens (including phenoxy) is 2. The molecule has 1 aliphatic carbocycles. The van der Waals surface area contributed by atoms with Gasteiger partial charge in [0.25, 0.3) is 0 Å². The molecule has 56 heavy (non-hydrogen) atoms. The summed E-state index contributed by atoms with van der Waals surface area (Å²) in [6, 6.07) is 2.82. The highest BCUT2D eigenvalue weighted by Crippen LogP contribution is 2.47. The van der Waals surface area contributed by atoms with Crippen LogP contribution >= 0.6 is 0 Å². The first kappa shape index (κ1) is 45.1. The van der Waals surface area contributed by atoms with Crippen molar-refractivity contribution in [2.24, 2.45) is 16.7 Å². The summed E-state index contributed by atoms with van der Waals surface area (Å²) in [5.74, 6) is 0.894. The first-order valence-corrected chi connectivity index (χ1v) is 23.9. The molecule has 0 aromatic carbocycles. The van der Waals surface area contributed by atoms with Crippen LogP contribution in [0.4, 0.5) is 4.39 Å². The molecule has 9 rings (SSSR count). The fourth-order valence-corrected chi connectivity index (χ4v) is 12.6. The lowest BCUT2D eigenvalue weighted by Crippen LogP contribution is -2.72. The minimum atomic E-state index is -0.909. The Balaban J connectivity index is 0.000000139. The number of nitrogens with zero attached hydrogens (tertiary/aromatic N) is 6. The number of alkyl halides is 1. The van der Waals surface area contributed by atoms with Crippen LogP contribution in [0.25, 0.3) is 0 Å². The molecule has 1 saturated carbocycles. The van der Waals surface area contributed by atoms with Crippen molar-refractivity contribution in [1.29, 1.82) is 0 Å². The second kappa shape index (κ2) is 18.7. The number of rotatable bonds is 6. The van der Waals surface area contributed by atoms with Crippen LogP contribution in [-0.2, 0) is 9.47 Å². The maximum Gasteiger partial charge on any atom is 0.133 e. The number of likely N-dealkylation sites (N-methyl/N-ethyl adjacent to an activating group) is 1. The molecule has 9 fully saturated rings. The van der Waals surface area contributed by atoms with Crippen molar-refractivity contribution < 1.29 is 13.9 Å². The Morgan fingerprint density at radius 2 is 1.43 bits per heavy atom. The van der Waals surface area contributed by atoms with Gasteiger partial charge in [-0.2, -0.15) is 0 Å². The van der Waals surface area contributed by atoms with Gasteiger partial charge < -0.3 is 14.4 Å². The molecule has 0 aromatic heterocycles. The van der Waals surface area contributed by atoms with Gasteiger partial charge in [0.05, 0.1) is 5.60 Å². The van der Waals surface area contributed by atoms with Crippen LogP contribution in [0.3, 0.4) is 0 Å². The highest BCUT2D eigenvalue weighted by Gasteiger charge is 2.54. The predicted molar refractivity (Wildman–Crippen MR) is 231 cm³/mol. The van der Waals surface area contributed by atoms with Crippen molar-refractivity contribution in [3.63, 3.8) is 0 Å². The van der Waals surface area contributed by atoms with Gasteiger partial charge in [0, 0.05) is 103 Å². The second-order valence-corrected chi connectivity index (χ2v) is 21.8. The van der Waals surface area contributed by atoms with Gasteiger partial charge in [-0.3, -0.25) is 24.5 Å². The van der Waals surface area contributed by atoms with Crippen LogP contribution in [0.2, 0.25) is 0 Å². The number of likely N-dealkylation sites (tertiary alicyclic amines) is 6. The number of piperidine rings is 1. The molecule has 4 unspecified atom stereocenters. The average Bonchev–Trinajstić information content (AvgIpc) is 3.49. The highest BCUT2D eigenvalue weighted by molar-refractivity contribution is 5.09. The zero-order valence-electron chi connectivity index (χ0n) is 38.4. The van der Waals surface area contributed by atoms with E-state index in [1.807, 2.05) is 13.8 Å². The number of hydrogen-bond acceptors (Lipinski definition) is 8. The average molecular weight is 789 g/mol. The Morgan fingerprint density at radius 3 is 2.04 bits per heavy atom. The summed E-state index contributed by atoms with van der Waals surface area (Å²) in [5.41, 5.74) is 0.574. The SMILES string of the molecule is CC.CC(C)N1CC2(CCCC(N3CC(C)(F)C3)C2)C1.CCCN1CC2(CC(N3CCCC(C)C3)CCO2)C1.CN1CC2(C1)OCCCC2N1CCC(C)(C)C1. The van der Waals surface area contributed by atoms with Crippen molar-refractivity contribution in [2.45, 2.75) is 180 Å². The first-order chi connectivity index (χ1) is 26.6. The molecule has 0 aromatic rings. The quantitative estimate of drug-likeness (QED) is 0.272. The molecule has 0 N–H and O–H groups in total. The zero-order chi connectivity index (χ0) is 40.4. The fraction of sp³-hybridized carbons (Fsp3) is 1.00. The van der Waals surface area contributed by atoms with Gasteiger partial charge in [0.2, 0.25) is 0 Å². The van der Waals surface area contributed by atoms with Crippen LogP contribution in [0, 0.1) is 16.7 Å². The molecule has 326 valence electrons. The van der Waals surface area contributed by atoms with Gasteiger partial charge in [-0.15, -0.1) is 0 Å². The minimum Gasteiger partial charge on any atom is -0.372 e. The summed E-state index contributed by atoms with van der Waals surface area (Å²) in [5, 5.41) is 0. The highest BCUT2D eigenvalue weighted by atomic mass is 19.1. The monoisotopic (exact) mass is 789 g/mol. The Labute approximate surface area is 344 Å². The van der Waals surface area contributed by atoms with Gasteiger partial charge in [0.1, 0.15) is 11.3 Å². The lowest BCUT2D eigenvalue weighted by Gasteiger charge is -2.58. The van der Waals surface area contributed by atoms with Crippen LogP contribution in [0.5, 0.6) is 0 Å². The van der Waals surface area contributed by atoms with E-state index in [2.05, 4.69) is 78.0 Å². The maximum atomic E-state index is 13.6. The van der Waals surface area contributed by atoms with Crippen molar-refractivity contribution in [3.8, 4) is 0 Å². The molecule has 9 aliphatic rings. The second-order valence-electron chi connectivity index (χ2n) is 21.8. The van der Waals surface area contributed by atoms with Gasteiger partial charge in [-0.25, -0.2) is 4.39 Å². The van der Waals surface area contributed by atoms with Crippen molar-refractivity contribution in [3.05, 3.63) is 0 Å². The summed E-state index contributed by atoms with van der Waals surface area (Å²) in [4.78, 5) is 15.4. The molecule has 8 aliphatic heterocycles. The molecule has 8 saturated heterocycles. The molecule has 0 amide bonds. The molecule has 8 nitrogen and oxygen atoms in total. The molecule has 4 atom stereocenters. The summed E-state index contributed by atoms with van der Waals surface area (Å²) in [7, 11) is 2.20. The van der Waals surface area contributed by atoms with Crippen molar-refractivity contribution >= 4 is 0 Å². The third-order valence-electron chi connectivity index (χ3n) is 15.4. The van der Waals surface area contributed by atoms with E-state index >= 15 is 0 Å². The molecule has 0 bridgehead atoms. The van der Waals surface area contributed by atoms with Gasteiger partial charge >= 0.3 is 0 Å². The van der Waals surface area contributed by atoms with E-state index in [0.29, 0.717) is 42.0 Å². The molecular weight excluding hydrogens is 700 g/mol. The smallest absolute Gasteiger partial charge is 0.133 e. The van der Waals surface area contributed by atoms with E-state index in [4.69, 9.17) is 9.47 Å². The van der Waals surface area contributed by atoms with E-state index in [1.165, 1.54) is 136 Å². The topological polar surface area (TPSA) is 37.9 Å². The largest absolute Gasteiger partial charge is 0.372 e. The summed E-state index contributed by atoms with van der Waals surface area (Å²) < 4.78 is 26.0. The molecule has 9 heteroatoms. The Kier molecular flexibility index (Phi) is 15.1. The zero-order valence-corrected chi connectivity index (χ0v) is 38.4. The van der Waals surface area contributed by atoms with Gasteiger partial charge in [-0.1, -0.05) is 48.0 Å². The van der Waals surface area contributed by atoms with E-state index in [1.54, 1.807) is 6.92 Å². The molecule has 3 spiro atoms. The first-order valence-electron chi connectivity index (χ1n) is 23.9. The third-order valence-corrected chi connectivity index (χ3v) is 15.4.